The molecule has 53 heavy (non-hydrogen) atoms. The van der Waals surface area contributed by atoms with Crippen LogP contribution in [0, 0.1) is 11.8 Å². The van der Waals surface area contributed by atoms with Crippen LogP contribution in [-0.2, 0) is 42.7 Å². The highest BCUT2D eigenvalue weighted by atomic mass is 16.6. The highest BCUT2D eigenvalue weighted by molar-refractivity contribution is 5.79. The Morgan fingerprint density at radius 1 is 0.736 bits per heavy atom. The van der Waals surface area contributed by atoms with Crippen molar-refractivity contribution in [3.05, 3.63) is 24.3 Å². The molecule has 0 amide bonds. The molecule has 11 unspecified atom stereocenters. The first-order valence-corrected chi connectivity index (χ1v) is 19.9. The van der Waals surface area contributed by atoms with Crippen LogP contribution in [-0.4, -0.2) is 143 Å². The Labute approximate surface area is 312 Å². The maximum atomic E-state index is 13.9. The molecule has 0 saturated carbocycles. The number of rotatable bonds is 4. The van der Waals surface area contributed by atoms with E-state index in [4.69, 9.17) is 33.2 Å². The smallest absolute Gasteiger partial charge is 0.135 e. The summed E-state index contributed by atoms with van der Waals surface area (Å²) in [7, 11) is 1.58. The second kappa shape index (κ2) is 16.9. The van der Waals surface area contributed by atoms with Crippen LogP contribution in [0.2, 0.25) is 0 Å². The number of Topliss-reactive ketones (excluding diaryl/α,β-unsaturated/α-hetero) is 2. The van der Waals surface area contributed by atoms with E-state index in [9.17, 15) is 30.0 Å². The topological polar surface area (TPSA) is 180 Å². The number of ketones is 2. The number of ether oxygens (including phenoxy) is 7. The van der Waals surface area contributed by atoms with Crippen molar-refractivity contribution < 1.29 is 63.2 Å². The van der Waals surface area contributed by atoms with Crippen LogP contribution >= 0.6 is 0 Å². The third-order valence-corrected chi connectivity index (χ3v) is 13.1. The summed E-state index contributed by atoms with van der Waals surface area (Å²) in [5, 5.41) is 42.6. The van der Waals surface area contributed by atoms with E-state index in [-0.39, 0.29) is 79.9 Å². The van der Waals surface area contributed by atoms with Crippen molar-refractivity contribution in [2.75, 3.05) is 13.7 Å². The minimum atomic E-state index is -1.10. The molecule has 0 radical (unpaired) electrons. The fraction of sp³-hybridized carbons (Fsp3) is 0.850. The Kier molecular flexibility index (Phi) is 12.6. The molecule has 8 bridgehead atoms. The lowest BCUT2D eigenvalue weighted by molar-refractivity contribution is -0.259. The molecule has 13 nitrogen and oxygen atoms in total. The lowest BCUT2D eigenvalue weighted by Gasteiger charge is -2.46. The minimum absolute atomic E-state index is 0.00643. The summed E-state index contributed by atoms with van der Waals surface area (Å²) in [6, 6.07) is 0. The van der Waals surface area contributed by atoms with Gasteiger partial charge in [0.1, 0.15) is 42.1 Å². The number of carbonyl (C=O) groups excluding carboxylic acids is 2. The van der Waals surface area contributed by atoms with Crippen LogP contribution in [0.5, 0.6) is 0 Å². The third-order valence-electron chi connectivity index (χ3n) is 13.1. The first kappa shape index (κ1) is 39.6. The molecule has 7 aliphatic rings. The summed E-state index contributed by atoms with van der Waals surface area (Å²) in [5.41, 5.74) is 2.00. The van der Waals surface area contributed by atoms with Gasteiger partial charge in [0, 0.05) is 51.6 Å². The van der Waals surface area contributed by atoms with E-state index in [1.54, 1.807) is 7.11 Å². The van der Waals surface area contributed by atoms with Crippen LogP contribution in [0.15, 0.2) is 24.3 Å². The number of aliphatic hydroxyl groups excluding tert-OH is 4. The zero-order valence-corrected chi connectivity index (χ0v) is 31.2. The van der Waals surface area contributed by atoms with Gasteiger partial charge in [-0.3, -0.25) is 9.59 Å². The van der Waals surface area contributed by atoms with E-state index in [0.717, 1.165) is 30.4 Å². The molecule has 13 heteroatoms. The maximum Gasteiger partial charge on any atom is 0.135 e. The first-order valence-electron chi connectivity index (χ1n) is 19.9. The van der Waals surface area contributed by atoms with E-state index in [2.05, 4.69) is 20.1 Å². The molecule has 7 heterocycles. The van der Waals surface area contributed by atoms with Gasteiger partial charge in [-0.25, -0.2) is 0 Å². The highest BCUT2D eigenvalue weighted by Gasteiger charge is 2.57. The summed E-state index contributed by atoms with van der Waals surface area (Å²) < 4.78 is 44.3. The van der Waals surface area contributed by atoms with Gasteiger partial charge in [0.05, 0.1) is 73.8 Å². The fourth-order valence-electron chi connectivity index (χ4n) is 10.1. The van der Waals surface area contributed by atoms with Crippen LogP contribution in [0.4, 0.5) is 0 Å². The van der Waals surface area contributed by atoms with Crippen LogP contribution < -0.4 is 0 Å². The molecule has 0 aliphatic carbocycles. The van der Waals surface area contributed by atoms with Gasteiger partial charge in [0.2, 0.25) is 0 Å². The zero-order chi connectivity index (χ0) is 37.6. The van der Waals surface area contributed by atoms with Crippen molar-refractivity contribution in [3.8, 4) is 0 Å². The van der Waals surface area contributed by atoms with Gasteiger partial charge in [-0.05, 0) is 62.0 Å². The van der Waals surface area contributed by atoms with E-state index < -0.39 is 79.9 Å². The molecule has 0 aromatic heterocycles. The van der Waals surface area contributed by atoms with Gasteiger partial charge < -0.3 is 53.6 Å². The number of fused-ring (bicyclic) bond motifs is 7. The van der Waals surface area contributed by atoms with E-state index in [0.29, 0.717) is 32.1 Å². The van der Waals surface area contributed by atoms with Gasteiger partial charge in [-0.1, -0.05) is 20.1 Å². The van der Waals surface area contributed by atoms with E-state index >= 15 is 0 Å². The van der Waals surface area contributed by atoms with Crippen LogP contribution in [0.25, 0.3) is 0 Å². The Balaban J connectivity index is 1.11. The van der Waals surface area contributed by atoms with Gasteiger partial charge in [0.25, 0.3) is 0 Å². The first-order chi connectivity index (χ1) is 25.4. The molecule has 0 spiro atoms. The standard InChI is InChI=1S/C40H60O13/c1-19-11-26-7-9-29-20(2)12-25(48-29)6-5-22(42)15-33-35(45)39-40(53-33)36(46)38-30(52-39)10-8-27(50-38)13-23(43)14-28-32(17-31(49-26)21(19)3)51-34(37(28)47-4)16-24(44)18-41/h19,24-41,44-46H,2-3,5-18H2,1,4H3/t19-,24?,25+,26?,27?,28?,29?,30?,31?,32+,33-,34?,35?,36?,37-,38+,39+,40?/m1/s1. The molecular formula is C40H60O13. The van der Waals surface area contributed by atoms with E-state index in [1.165, 1.54) is 0 Å². The van der Waals surface area contributed by atoms with Crippen molar-refractivity contribution in [3.63, 3.8) is 0 Å². The van der Waals surface area contributed by atoms with Crippen molar-refractivity contribution >= 4 is 11.6 Å². The molecule has 7 aliphatic heterocycles. The van der Waals surface area contributed by atoms with Gasteiger partial charge in [-0.15, -0.1) is 0 Å². The number of hydrogen-bond donors (Lipinski definition) is 4. The summed E-state index contributed by atoms with van der Waals surface area (Å²) in [4.78, 5) is 27.0. The number of carbonyl (C=O) groups is 2. The molecule has 0 aromatic carbocycles. The Bertz CT molecular complexity index is 1340. The molecule has 7 fully saturated rings. The summed E-state index contributed by atoms with van der Waals surface area (Å²) in [6.45, 7) is 10.4. The lowest BCUT2D eigenvalue weighted by atomic mass is 9.81. The van der Waals surface area contributed by atoms with Gasteiger partial charge in [-0.2, -0.15) is 0 Å². The normalized spacial score (nSPS) is 47.7. The maximum absolute atomic E-state index is 13.9. The second-order valence-electron chi connectivity index (χ2n) is 16.8. The van der Waals surface area contributed by atoms with Crippen molar-refractivity contribution in [2.24, 2.45) is 11.8 Å². The monoisotopic (exact) mass is 748 g/mol. The molecule has 4 N–H and O–H groups in total. The third kappa shape index (κ3) is 8.56. The fourth-order valence-corrected chi connectivity index (χ4v) is 10.1. The minimum Gasteiger partial charge on any atom is -0.394 e. The lowest BCUT2D eigenvalue weighted by Crippen LogP contribution is -2.61. The summed E-state index contributed by atoms with van der Waals surface area (Å²) in [6.07, 6.45) is -3.55. The Morgan fingerprint density at radius 3 is 2.23 bits per heavy atom. The van der Waals surface area contributed by atoms with Gasteiger partial charge in [0.15, 0.2) is 0 Å². The van der Waals surface area contributed by atoms with Crippen molar-refractivity contribution in [1.82, 2.24) is 0 Å². The zero-order valence-electron chi connectivity index (χ0n) is 31.2. The summed E-state index contributed by atoms with van der Waals surface area (Å²) >= 11 is 0. The van der Waals surface area contributed by atoms with Crippen molar-refractivity contribution in [1.29, 1.82) is 0 Å². The molecule has 298 valence electrons. The number of aliphatic hydroxyl groups is 4. The molecule has 7 rings (SSSR count). The predicted molar refractivity (Wildman–Crippen MR) is 189 cm³/mol. The molecular weight excluding hydrogens is 688 g/mol. The van der Waals surface area contributed by atoms with Crippen LogP contribution in [0.1, 0.15) is 90.4 Å². The summed E-state index contributed by atoms with van der Waals surface area (Å²) in [5.74, 6) is -0.221. The average Bonchev–Trinajstić information content (AvgIpc) is 3.76. The molecule has 0 aromatic rings. The van der Waals surface area contributed by atoms with Crippen molar-refractivity contribution in [2.45, 2.75) is 188 Å². The highest BCUT2D eigenvalue weighted by Crippen LogP contribution is 2.43. The quantitative estimate of drug-likeness (QED) is 0.308. The number of methoxy groups -OCH3 is 1. The molecule has 7 saturated heterocycles. The average molecular weight is 749 g/mol. The molecule has 18 atom stereocenters. The SMILES string of the molecule is C=C1C[C@@H]2CCC(=O)C[C@H]3OC4C(O)[C@H]5OC(CCC5O[C@H]4C3O)CC(=O)CC3[C@@H](OC)C(CC(O)CO)O[C@H]3CC3OC(CCC1O2)C[C@@H](C)C3=C. The number of hydrogen-bond acceptors (Lipinski definition) is 13. The van der Waals surface area contributed by atoms with E-state index in [1.807, 2.05) is 0 Å². The predicted octanol–water partition coefficient (Wildman–Crippen LogP) is 2.27. The largest absolute Gasteiger partial charge is 0.394 e. The van der Waals surface area contributed by atoms with Crippen LogP contribution in [0.3, 0.4) is 0 Å². The second-order valence-corrected chi connectivity index (χ2v) is 16.8. The Morgan fingerprint density at radius 2 is 1.45 bits per heavy atom. The Hall–Kier alpha value is -1.62. The van der Waals surface area contributed by atoms with Gasteiger partial charge >= 0.3 is 0 Å².